The number of hydrogen-bond donors (Lipinski definition) is 1. The van der Waals surface area contributed by atoms with Gasteiger partial charge in [-0.2, -0.15) is 0 Å². The van der Waals surface area contributed by atoms with Gasteiger partial charge in [-0.15, -0.1) is 0 Å². The van der Waals surface area contributed by atoms with Crippen LogP contribution in [0.5, 0.6) is 0 Å². The Bertz CT molecular complexity index is 1620. The molecule has 230 valence electrons. The molecule has 7 nitrogen and oxygen atoms in total. The van der Waals surface area contributed by atoms with Gasteiger partial charge in [-0.3, -0.25) is 13.9 Å². The molecule has 0 unspecified atom stereocenters. The van der Waals surface area contributed by atoms with Crippen LogP contribution < -0.4 is 9.62 Å². The van der Waals surface area contributed by atoms with Gasteiger partial charge in [0.25, 0.3) is 10.0 Å². The first-order valence-corrected chi connectivity index (χ1v) is 16.2. The maximum atomic E-state index is 14.3. The van der Waals surface area contributed by atoms with Crippen molar-refractivity contribution in [3.8, 4) is 0 Å². The minimum Gasteiger partial charge on any atom is -0.354 e. The number of halogens is 2. The fourth-order valence-corrected chi connectivity index (χ4v) is 6.26. The molecular weight excluding hydrogens is 601 g/mol. The second kappa shape index (κ2) is 15.5. The van der Waals surface area contributed by atoms with Gasteiger partial charge in [0, 0.05) is 24.5 Å². The van der Waals surface area contributed by atoms with E-state index in [1.54, 1.807) is 42.5 Å². The average Bonchev–Trinajstić information content (AvgIpc) is 3.03. The van der Waals surface area contributed by atoms with Gasteiger partial charge >= 0.3 is 0 Å². The van der Waals surface area contributed by atoms with Crippen LogP contribution in [0.1, 0.15) is 30.9 Å². The molecule has 1 atom stereocenters. The van der Waals surface area contributed by atoms with E-state index in [4.69, 9.17) is 11.6 Å². The lowest BCUT2D eigenvalue weighted by molar-refractivity contribution is -0.140. The van der Waals surface area contributed by atoms with E-state index >= 15 is 0 Å². The van der Waals surface area contributed by atoms with Crippen LogP contribution in [-0.2, 0) is 32.6 Å². The second-order valence-electron chi connectivity index (χ2n) is 10.3. The SMILES string of the molecule is CCCCNC(=O)[C@@H](Cc1ccccc1)N(Cc1ccc(F)cc1)C(=O)CN(c1ccc(Cl)cc1)S(=O)(=O)c1ccccc1. The zero-order chi connectivity index (χ0) is 31.5. The van der Waals surface area contributed by atoms with Crippen molar-refractivity contribution in [1.82, 2.24) is 10.2 Å². The van der Waals surface area contributed by atoms with Gasteiger partial charge in [0.05, 0.1) is 10.6 Å². The Balaban J connectivity index is 1.77. The number of rotatable bonds is 14. The Kier molecular flexibility index (Phi) is 11.5. The van der Waals surface area contributed by atoms with E-state index in [9.17, 15) is 22.4 Å². The van der Waals surface area contributed by atoms with Crippen LogP contribution >= 0.6 is 11.6 Å². The van der Waals surface area contributed by atoms with Crippen LogP contribution in [-0.4, -0.2) is 44.3 Å². The second-order valence-corrected chi connectivity index (χ2v) is 12.6. The first-order chi connectivity index (χ1) is 21.2. The standard InChI is InChI=1S/C34H35ClFN3O4S/c1-2-3-22-37-34(41)32(23-26-10-6-4-7-11-26)38(24-27-14-18-29(36)19-15-27)33(40)25-39(30-20-16-28(35)17-21-30)44(42,43)31-12-8-5-9-13-31/h4-21,32H,2-3,22-25H2,1H3,(H,37,41)/t32-/m1/s1. The number of carbonyl (C=O) groups is 2. The van der Waals surface area contributed by atoms with E-state index in [1.165, 1.54) is 41.3 Å². The maximum absolute atomic E-state index is 14.3. The zero-order valence-corrected chi connectivity index (χ0v) is 26.0. The Morgan fingerprint density at radius 2 is 1.45 bits per heavy atom. The summed E-state index contributed by atoms with van der Waals surface area (Å²) in [5.74, 6) is -1.40. The Morgan fingerprint density at radius 3 is 2.07 bits per heavy atom. The van der Waals surface area contributed by atoms with Gasteiger partial charge in [-0.25, -0.2) is 12.8 Å². The minimum absolute atomic E-state index is 0.00554. The highest BCUT2D eigenvalue weighted by molar-refractivity contribution is 7.92. The normalized spacial score (nSPS) is 11.9. The summed E-state index contributed by atoms with van der Waals surface area (Å²) in [6.45, 7) is 1.81. The molecule has 0 aliphatic heterocycles. The molecule has 0 bridgehead atoms. The molecule has 4 aromatic rings. The number of anilines is 1. The molecule has 0 aliphatic rings. The molecule has 4 aromatic carbocycles. The zero-order valence-electron chi connectivity index (χ0n) is 24.4. The number of amides is 2. The summed E-state index contributed by atoms with van der Waals surface area (Å²) in [4.78, 5) is 29.4. The van der Waals surface area contributed by atoms with Crippen molar-refractivity contribution >= 4 is 39.1 Å². The highest BCUT2D eigenvalue weighted by atomic mass is 35.5. The van der Waals surface area contributed by atoms with Crippen molar-refractivity contribution in [1.29, 1.82) is 0 Å². The molecule has 0 radical (unpaired) electrons. The number of hydrogen-bond acceptors (Lipinski definition) is 4. The molecule has 0 aliphatic carbocycles. The first kappa shape index (κ1) is 32.7. The van der Waals surface area contributed by atoms with Crippen LogP contribution in [0.4, 0.5) is 10.1 Å². The fourth-order valence-electron chi connectivity index (χ4n) is 4.70. The first-order valence-electron chi connectivity index (χ1n) is 14.4. The number of carbonyl (C=O) groups excluding carboxylic acids is 2. The van der Waals surface area contributed by atoms with Crippen molar-refractivity contribution in [3.63, 3.8) is 0 Å². The molecule has 4 rings (SSSR count). The van der Waals surface area contributed by atoms with Crippen LogP contribution in [0.15, 0.2) is 114 Å². The monoisotopic (exact) mass is 635 g/mol. The molecule has 0 saturated carbocycles. The predicted molar refractivity (Wildman–Crippen MR) is 171 cm³/mol. The predicted octanol–water partition coefficient (Wildman–Crippen LogP) is 6.23. The molecule has 44 heavy (non-hydrogen) atoms. The lowest BCUT2D eigenvalue weighted by atomic mass is 10.0. The van der Waals surface area contributed by atoms with Gasteiger partial charge in [0.1, 0.15) is 18.4 Å². The van der Waals surface area contributed by atoms with Crippen LogP contribution in [0.3, 0.4) is 0 Å². The topological polar surface area (TPSA) is 86.8 Å². The summed E-state index contributed by atoms with van der Waals surface area (Å²) in [5, 5.41) is 3.35. The summed E-state index contributed by atoms with van der Waals surface area (Å²) in [6.07, 6.45) is 1.82. The quantitative estimate of drug-likeness (QED) is 0.166. The van der Waals surface area contributed by atoms with Crippen molar-refractivity contribution in [2.75, 3.05) is 17.4 Å². The van der Waals surface area contributed by atoms with Crippen molar-refractivity contribution in [2.24, 2.45) is 0 Å². The van der Waals surface area contributed by atoms with Crippen LogP contribution in [0, 0.1) is 5.82 Å². The highest BCUT2D eigenvalue weighted by Crippen LogP contribution is 2.26. The maximum Gasteiger partial charge on any atom is 0.264 e. The van der Waals surface area contributed by atoms with Gasteiger partial charge < -0.3 is 10.2 Å². The summed E-state index contributed by atoms with van der Waals surface area (Å²) >= 11 is 6.10. The summed E-state index contributed by atoms with van der Waals surface area (Å²) < 4.78 is 42.7. The summed E-state index contributed by atoms with van der Waals surface area (Å²) in [5.41, 5.74) is 1.65. The Labute approximate surface area is 263 Å². The lowest BCUT2D eigenvalue weighted by Crippen LogP contribution is -2.53. The van der Waals surface area contributed by atoms with E-state index < -0.39 is 34.3 Å². The molecular formula is C34H35ClFN3O4S. The molecule has 0 spiro atoms. The molecule has 1 N–H and O–H groups in total. The highest BCUT2D eigenvalue weighted by Gasteiger charge is 2.34. The third kappa shape index (κ3) is 8.67. The molecule has 0 fully saturated rings. The number of nitrogens with one attached hydrogen (secondary N) is 1. The molecule has 2 amide bonds. The van der Waals surface area contributed by atoms with E-state index in [2.05, 4.69) is 5.32 Å². The van der Waals surface area contributed by atoms with Gasteiger partial charge in [0.2, 0.25) is 11.8 Å². The summed E-state index contributed by atoms with van der Waals surface area (Å²) in [6, 6.07) is 27.9. The molecule has 0 heterocycles. The van der Waals surface area contributed by atoms with E-state index in [0.29, 0.717) is 17.1 Å². The van der Waals surface area contributed by atoms with Gasteiger partial charge in [0.15, 0.2) is 0 Å². The smallest absolute Gasteiger partial charge is 0.264 e. The Hall–Kier alpha value is -4.21. The number of nitrogens with zero attached hydrogens (tertiary/aromatic N) is 2. The van der Waals surface area contributed by atoms with Crippen molar-refractivity contribution in [3.05, 3.63) is 131 Å². The van der Waals surface area contributed by atoms with Crippen molar-refractivity contribution < 1.29 is 22.4 Å². The third-order valence-electron chi connectivity index (χ3n) is 7.09. The molecule has 0 saturated heterocycles. The minimum atomic E-state index is -4.20. The number of unbranched alkanes of at least 4 members (excludes halogenated alkanes) is 1. The Morgan fingerprint density at radius 1 is 0.841 bits per heavy atom. The molecule has 0 aromatic heterocycles. The van der Waals surface area contributed by atoms with E-state index in [-0.39, 0.29) is 29.5 Å². The van der Waals surface area contributed by atoms with Crippen molar-refractivity contribution in [2.45, 2.75) is 43.7 Å². The lowest BCUT2D eigenvalue weighted by Gasteiger charge is -2.34. The molecule has 10 heteroatoms. The number of benzene rings is 4. The van der Waals surface area contributed by atoms with E-state index in [0.717, 1.165) is 22.7 Å². The van der Waals surface area contributed by atoms with Crippen LogP contribution in [0.2, 0.25) is 5.02 Å². The van der Waals surface area contributed by atoms with E-state index in [1.807, 2.05) is 37.3 Å². The average molecular weight is 636 g/mol. The van der Waals surface area contributed by atoms with Crippen LogP contribution in [0.25, 0.3) is 0 Å². The summed E-state index contributed by atoms with van der Waals surface area (Å²) in [7, 11) is -4.20. The number of sulfonamides is 1. The van der Waals surface area contributed by atoms with Gasteiger partial charge in [-0.1, -0.05) is 85.6 Å². The largest absolute Gasteiger partial charge is 0.354 e. The fraction of sp³-hybridized carbons (Fsp3) is 0.235. The van der Waals surface area contributed by atoms with Gasteiger partial charge in [-0.05, 0) is 66.1 Å². The third-order valence-corrected chi connectivity index (χ3v) is 9.13.